The first kappa shape index (κ1) is 6.80. The summed E-state index contributed by atoms with van der Waals surface area (Å²) in [4.78, 5) is 0.612. The molecule has 0 saturated heterocycles. The summed E-state index contributed by atoms with van der Waals surface area (Å²) in [5.74, 6) is 2.35. The van der Waals surface area contributed by atoms with E-state index in [0.29, 0.717) is 4.91 Å². The van der Waals surface area contributed by atoms with Crippen LogP contribution in [-0.4, -0.2) is 6.66 Å². The van der Waals surface area contributed by atoms with E-state index in [-0.39, 0.29) is 0 Å². The first-order valence-corrected chi connectivity index (χ1v) is 5.76. The molecule has 0 aromatic rings. The van der Waals surface area contributed by atoms with Crippen LogP contribution in [0, 0.1) is 12.3 Å². The first-order chi connectivity index (χ1) is 4.14. The highest BCUT2D eigenvalue weighted by Crippen LogP contribution is 2.63. The van der Waals surface area contributed by atoms with Gasteiger partial charge in [0.1, 0.15) is 11.2 Å². The van der Waals surface area contributed by atoms with Crippen LogP contribution in [0.5, 0.6) is 0 Å². The number of hydrogen-bond donors (Lipinski definition) is 0. The van der Waals surface area contributed by atoms with Gasteiger partial charge in [0.05, 0.1) is 0 Å². The largest absolute Gasteiger partial charge is 0.442 e. The van der Waals surface area contributed by atoms with Crippen molar-refractivity contribution < 1.29 is 9.09 Å². The van der Waals surface area contributed by atoms with E-state index in [1.54, 1.807) is 6.66 Å². The fraction of sp³-hybridized carbons (Fsp3) is 0.200. The highest BCUT2D eigenvalue weighted by Gasteiger charge is 2.24. The van der Waals surface area contributed by atoms with E-state index >= 15 is 0 Å². The van der Waals surface area contributed by atoms with Gasteiger partial charge in [0.15, 0.2) is 0 Å². The van der Waals surface area contributed by atoms with E-state index in [1.165, 1.54) is 6.26 Å². The molecule has 0 aliphatic carbocycles. The summed E-state index contributed by atoms with van der Waals surface area (Å²) in [5, 5.41) is 0. The topological polar surface area (TPSA) is 26.3 Å². The lowest BCUT2D eigenvalue weighted by molar-refractivity contribution is 0.466. The predicted molar refractivity (Wildman–Crippen MR) is 39.1 cm³/mol. The highest BCUT2D eigenvalue weighted by atomic mass is 32.7. The zero-order chi connectivity index (χ0) is 6.91. The lowest BCUT2D eigenvalue weighted by Gasteiger charge is -1.98. The molecule has 1 aliphatic heterocycles. The van der Waals surface area contributed by atoms with Crippen molar-refractivity contribution in [1.82, 2.24) is 0 Å². The summed E-state index contributed by atoms with van der Waals surface area (Å²) in [6.45, 7) is -0.894. The fourth-order valence-corrected chi connectivity index (χ4v) is 2.96. The molecular weight excluding hydrogens is 155 g/mol. The van der Waals surface area contributed by atoms with Gasteiger partial charge in [0.25, 0.3) is 0 Å². The molecule has 0 N–H and O–H groups in total. The molecule has 0 aromatic heterocycles. The molecule has 0 radical (unpaired) electrons. The summed E-state index contributed by atoms with van der Waals surface area (Å²) in [6, 6.07) is 0. The maximum atomic E-state index is 11.0. The van der Waals surface area contributed by atoms with Gasteiger partial charge in [-0.1, -0.05) is 5.92 Å². The molecule has 0 aromatic carbocycles. The monoisotopic (exact) mass is 160 g/mol. The first-order valence-electron chi connectivity index (χ1n) is 2.26. The van der Waals surface area contributed by atoms with Crippen molar-refractivity contribution in [3.05, 3.63) is 11.2 Å². The SMILES string of the molecule is C#CC1=COP(C)(=O)S1. The third-order valence-corrected chi connectivity index (χ3v) is 3.83. The molecule has 1 rings (SSSR count). The zero-order valence-electron chi connectivity index (χ0n) is 4.83. The average molecular weight is 160 g/mol. The molecule has 1 atom stereocenters. The van der Waals surface area contributed by atoms with Crippen LogP contribution in [0.3, 0.4) is 0 Å². The second-order valence-corrected chi connectivity index (χ2v) is 6.51. The van der Waals surface area contributed by atoms with Crippen LogP contribution in [0.4, 0.5) is 0 Å². The van der Waals surface area contributed by atoms with Crippen molar-refractivity contribution in [2.24, 2.45) is 0 Å². The van der Waals surface area contributed by atoms with E-state index in [0.717, 1.165) is 11.4 Å². The zero-order valence-corrected chi connectivity index (χ0v) is 6.54. The van der Waals surface area contributed by atoms with Crippen LogP contribution < -0.4 is 0 Å². The summed E-state index contributed by atoms with van der Waals surface area (Å²) in [5.41, 5.74) is 0. The standard InChI is InChI=1S/C5H5O2PS/c1-3-5-4-7-8(2,6)9-5/h1,4H,2H3. The summed E-state index contributed by atoms with van der Waals surface area (Å²) in [7, 11) is 0. The number of terminal acetylenes is 1. The Labute approximate surface area is 57.9 Å². The molecule has 0 amide bonds. The van der Waals surface area contributed by atoms with Crippen molar-refractivity contribution in [2.75, 3.05) is 6.66 Å². The number of hydrogen-bond acceptors (Lipinski definition) is 3. The summed E-state index contributed by atoms with van der Waals surface area (Å²) >= 11 is 1.13. The predicted octanol–water partition coefficient (Wildman–Crippen LogP) is 2.05. The Morgan fingerprint density at radius 3 is 2.89 bits per heavy atom. The second kappa shape index (κ2) is 2.13. The normalized spacial score (nSPS) is 32.7. The molecule has 4 heteroatoms. The Morgan fingerprint density at radius 2 is 2.67 bits per heavy atom. The van der Waals surface area contributed by atoms with Crippen LogP contribution in [0.15, 0.2) is 11.2 Å². The fourth-order valence-electron chi connectivity index (χ4n) is 0.426. The summed E-state index contributed by atoms with van der Waals surface area (Å²) in [6.07, 6.45) is 6.38. The molecule has 1 unspecified atom stereocenters. The van der Waals surface area contributed by atoms with E-state index in [1.807, 2.05) is 0 Å². The van der Waals surface area contributed by atoms with E-state index in [9.17, 15) is 4.57 Å². The number of rotatable bonds is 0. The van der Waals surface area contributed by atoms with Crippen LogP contribution in [0.25, 0.3) is 0 Å². The van der Waals surface area contributed by atoms with Crippen LogP contribution in [-0.2, 0) is 9.09 Å². The van der Waals surface area contributed by atoms with E-state index < -0.39 is 6.57 Å². The van der Waals surface area contributed by atoms with Crippen molar-refractivity contribution in [2.45, 2.75) is 0 Å². The lowest BCUT2D eigenvalue weighted by atomic mass is 10.6. The minimum atomic E-state index is -2.43. The average Bonchev–Trinajstić information content (AvgIpc) is 2.10. The maximum Gasteiger partial charge on any atom is 0.305 e. The minimum absolute atomic E-state index is 0.612. The van der Waals surface area contributed by atoms with Gasteiger partial charge < -0.3 is 4.52 Å². The second-order valence-electron chi connectivity index (χ2n) is 1.59. The van der Waals surface area contributed by atoms with Crippen molar-refractivity contribution in [3.63, 3.8) is 0 Å². The Morgan fingerprint density at radius 1 is 2.00 bits per heavy atom. The third-order valence-electron chi connectivity index (χ3n) is 0.758. The van der Waals surface area contributed by atoms with Gasteiger partial charge in [-0.25, -0.2) is 0 Å². The van der Waals surface area contributed by atoms with Gasteiger partial charge >= 0.3 is 6.57 Å². The van der Waals surface area contributed by atoms with Gasteiger partial charge in [0, 0.05) is 6.66 Å². The lowest BCUT2D eigenvalue weighted by Crippen LogP contribution is -1.62. The molecule has 2 nitrogen and oxygen atoms in total. The Bertz CT molecular complexity index is 238. The van der Waals surface area contributed by atoms with Crippen LogP contribution in [0.2, 0.25) is 0 Å². The minimum Gasteiger partial charge on any atom is -0.442 e. The molecule has 0 spiro atoms. The van der Waals surface area contributed by atoms with Crippen molar-refractivity contribution in [1.29, 1.82) is 0 Å². The van der Waals surface area contributed by atoms with E-state index in [2.05, 4.69) is 5.92 Å². The van der Waals surface area contributed by atoms with Crippen molar-refractivity contribution in [3.8, 4) is 12.3 Å². The number of allylic oxidation sites excluding steroid dienone is 1. The molecule has 1 heterocycles. The quantitative estimate of drug-likeness (QED) is 0.400. The third kappa shape index (κ3) is 1.54. The molecule has 48 valence electrons. The Kier molecular flexibility index (Phi) is 1.61. The Balaban J connectivity index is 2.74. The van der Waals surface area contributed by atoms with E-state index in [4.69, 9.17) is 10.9 Å². The highest BCUT2D eigenvalue weighted by molar-refractivity contribution is 8.58. The van der Waals surface area contributed by atoms with Crippen LogP contribution >= 0.6 is 18.0 Å². The van der Waals surface area contributed by atoms with Gasteiger partial charge in [-0.15, -0.1) is 6.42 Å². The van der Waals surface area contributed by atoms with Gasteiger partial charge in [-0.3, -0.25) is 4.57 Å². The molecule has 0 fully saturated rings. The van der Waals surface area contributed by atoms with Crippen LogP contribution in [0.1, 0.15) is 0 Å². The maximum absolute atomic E-state index is 11.0. The smallest absolute Gasteiger partial charge is 0.305 e. The molecule has 0 saturated carbocycles. The molecular formula is C5H5O2PS. The molecule has 1 aliphatic rings. The Hall–Kier alpha value is -0.320. The van der Waals surface area contributed by atoms with Gasteiger partial charge in [0.2, 0.25) is 0 Å². The molecule has 0 bridgehead atoms. The van der Waals surface area contributed by atoms with Crippen molar-refractivity contribution >= 4 is 18.0 Å². The van der Waals surface area contributed by atoms with Gasteiger partial charge in [-0.05, 0) is 11.4 Å². The summed E-state index contributed by atoms with van der Waals surface area (Å²) < 4.78 is 15.7. The molecule has 9 heavy (non-hydrogen) atoms. The van der Waals surface area contributed by atoms with Gasteiger partial charge in [-0.2, -0.15) is 0 Å².